The van der Waals surface area contributed by atoms with Gasteiger partial charge < -0.3 is 9.80 Å². The average molecular weight is 381 g/mol. The first-order valence-electron chi connectivity index (χ1n) is 9.29. The molecule has 1 saturated heterocycles. The predicted molar refractivity (Wildman–Crippen MR) is 106 cm³/mol. The molecule has 144 valence electrons. The largest absolute Gasteiger partial charge is 0.368 e. The van der Waals surface area contributed by atoms with Gasteiger partial charge in [0.05, 0.1) is 11.2 Å². The molecule has 4 rings (SSSR count). The standard InChI is InChI=1S/C22H21F2N3O/c1-14-11-22(16-3-5-19(23)20(24)12-16)25-21-6-4-17(13-18(14)21)27-9-7-26(8-10-27)15(2)28/h3-6,11-13H,7-10H2,1-2H3. The van der Waals surface area contributed by atoms with Gasteiger partial charge in [-0.15, -0.1) is 0 Å². The summed E-state index contributed by atoms with van der Waals surface area (Å²) in [6.45, 7) is 6.63. The molecule has 1 amide bonds. The molecular weight excluding hydrogens is 360 g/mol. The second-order valence-corrected chi connectivity index (χ2v) is 7.15. The molecule has 0 atom stereocenters. The maximum Gasteiger partial charge on any atom is 0.219 e. The third-order valence-electron chi connectivity index (χ3n) is 5.30. The predicted octanol–water partition coefficient (Wildman–Crippen LogP) is 4.16. The number of aryl methyl sites for hydroxylation is 1. The van der Waals surface area contributed by atoms with Crippen LogP contribution in [-0.4, -0.2) is 42.0 Å². The zero-order valence-corrected chi connectivity index (χ0v) is 15.9. The number of anilines is 1. The van der Waals surface area contributed by atoms with Gasteiger partial charge in [0.25, 0.3) is 0 Å². The van der Waals surface area contributed by atoms with Crippen molar-refractivity contribution >= 4 is 22.5 Å². The zero-order chi connectivity index (χ0) is 19.8. The van der Waals surface area contributed by atoms with Crippen molar-refractivity contribution in [3.63, 3.8) is 0 Å². The van der Waals surface area contributed by atoms with Gasteiger partial charge in [0.15, 0.2) is 11.6 Å². The number of carbonyl (C=O) groups excluding carboxylic acids is 1. The average Bonchev–Trinajstić information content (AvgIpc) is 2.70. The second-order valence-electron chi connectivity index (χ2n) is 7.15. The Morgan fingerprint density at radius 2 is 1.71 bits per heavy atom. The van der Waals surface area contributed by atoms with Gasteiger partial charge in [-0.2, -0.15) is 0 Å². The number of hydrogen-bond donors (Lipinski definition) is 0. The number of rotatable bonds is 2. The molecule has 1 fully saturated rings. The molecule has 28 heavy (non-hydrogen) atoms. The molecule has 1 aliphatic heterocycles. The quantitative estimate of drug-likeness (QED) is 0.669. The summed E-state index contributed by atoms with van der Waals surface area (Å²) in [5.41, 5.74) is 4.10. The Kier molecular flexibility index (Phi) is 4.71. The molecule has 4 nitrogen and oxygen atoms in total. The molecule has 0 radical (unpaired) electrons. The number of piperazine rings is 1. The molecule has 6 heteroatoms. The fraction of sp³-hybridized carbons (Fsp3) is 0.273. The summed E-state index contributed by atoms with van der Waals surface area (Å²) in [5, 5.41) is 1.03. The van der Waals surface area contributed by atoms with Crippen LogP contribution in [0.25, 0.3) is 22.2 Å². The van der Waals surface area contributed by atoms with Crippen molar-refractivity contribution in [1.29, 1.82) is 0 Å². The van der Waals surface area contributed by atoms with E-state index in [1.165, 1.54) is 12.1 Å². The minimum Gasteiger partial charge on any atom is -0.368 e. The summed E-state index contributed by atoms with van der Waals surface area (Å²) >= 11 is 0. The molecule has 2 heterocycles. The van der Waals surface area contributed by atoms with Crippen molar-refractivity contribution in [1.82, 2.24) is 9.88 Å². The maximum absolute atomic E-state index is 13.6. The first kappa shape index (κ1) is 18.3. The van der Waals surface area contributed by atoms with Crippen molar-refractivity contribution in [2.45, 2.75) is 13.8 Å². The lowest BCUT2D eigenvalue weighted by atomic mass is 10.0. The Hall–Kier alpha value is -3.02. The van der Waals surface area contributed by atoms with Crippen LogP contribution < -0.4 is 4.90 Å². The van der Waals surface area contributed by atoms with Crippen LogP contribution in [0.15, 0.2) is 42.5 Å². The summed E-state index contributed by atoms with van der Waals surface area (Å²) in [7, 11) is 0. The number of halogens is 2. The minimum atomic E-state index is -0.878. The number of pyridine rings is 1. The molecule has 0 unspecified atom stereocenters. The molecule has 0 spiro atoms. The van der Waals surface area contributed by atoms with Gasteiger partial charge >= 0.3 is 0 Å². The molecule has 1 aromatic heterocycles. The van der Waals surface area contributed by atoms with Gasteiger partial charge in [0.2, 0.25) is 5.91 Å². The Bertz CT molecular complexity index is 1060. The van der Waals surface area contributed by atoms with E-state index in [4.69, 9.17) is 0 Å². The highest BCUT2D eigenvalue weighted by Gasteiger charge is 2.19. The van der Waals surface area contributed by atoms with Crippen LogP contribution in [0, 0.1) is 18.6 Å². The summed E-state index contributed by atoms with van der Waals surface area (Å²) in [6, 6.07) is 11.8. The number of benzene rings is 2. The zero-order valence-electron chi connectivity index (χ0n) is 15.9. The number of carbonyl (C=O) groups is 1. The van der Waals surface area contributed by atoms with Crippen LogP contribution in [0.1, 0.15) is 12.5 Å². The molecular formula is C22H21F2N3O. The maximum atomic E-state index is 13.6. The van der Waals surface area contributed by atoms with E-state index < -0.39 is 11.6 Å². The van der Waals surface area contributed by atoms with E-state index in [0.29, 0.717) is 11.3 Å². The van der Waals surface area contributed by atoms with Gasteiger partial charge in [-0.3, -0.25) is 4.79 Å². The normalized spacial score (nSPS) is 14.6. The first-order chi connectivity index (χ1) is 13.4. The van der Waals surface area contributed by atoms with Crippen LogP contribution in [0.3, 0.4) is 0 Å². The Morgan fingerprint density at radius 1 is 0.964 bits per heavy atom. The van der Waals surface area contributed by atoms with Crippen LogP contribution in [0.5, 0.6) is 0 Å². The second kappa shape index (κ2) is 7.19. The highest BCUT2D eigenvalue weighted by molar-refractivity contribution is 5.88. The van der Waals surface area contributed by atoms with Crippen LogP contribution in [-0.2, 0) is 4.79 Å². The van der Waals surface area contributed by atoms with Gasteiger partial charge in [0, 0.05) is 49.7 Å². The van der Waals surface area contributed by atoms with E-state index in [1.54, 1.807) is 6.92 Å². The van der Waals surface area contributed by atoms with Crippen molar-refractivity contribution in [2.75, 3.05) is 31.1 Å². The molecule has 1 aliphatic rings. The van der Waals surface area contributed by atoms with Crippen molar-refractivity contribution < 1.29 is 13.6 Å². The van der Waals surface area contributed by atoms with E-state index in [-0.39, 0.29) is 5.91 Å². The number of nitrogens with zero attached hydrogens (tertiary/aromatic N) is 3. The molecule has 3 aromatic rings. The van der Waals surface area contributed by atoms with Crippen molar-refractivity contribution in [2.24, 2.45) is 0 Å². The molecule has 0 N–H and O–H groups in total. The summed E-state index contributed by atoms with van der Waals surface area (Å²) in [4.78, 5) is 20.3. The molecule has 0 saturated carbocycles. The Labute approximate surface area is 162 Å². The fourth-order valence-corrected chi connectivity index (χ4v) is 3.66. The van der Waals surface area contributed by atoms with E-state index in [0.717, 1.165) is 54.4 Å². The van der Waals surface area contributed by atoms with Gasteiger partial charge in [0.1, 0.15) is 0 Å². The number of aromatic nitrogens is 1. The number of fused-ring (bicyclic) bond motifs is 1. The topological polar surface area (TPSA) is 36.4 Å². The molecule has 0 aliphatic carbocycles. The summed E-state index contributed by atoms with van der Waals surface area (Å²) in [5.74, 6) is -1.63. The Morgan fingerprint density at radius 3 is 2.39 bits per heavy atom. The Balaban J connectivity index is 1.65. The van der Waals surface area contributed by atoms with E-state index in [9.17, 15) is 13.6 Å². The lowest BCUT2D eigenvalue weighted by molar-refractivity contribution is -0.129. The minimum absolute atomic E-state index is 0.114. The van der Waals surface area contributed by atoms with E-state index in [2.05, 4.69) is 16.0 Å². The number of hydrogen-bond acceptors (Lipinski definition) is 3. The van der Waals surface area contributed by atoms with Crippen LogP contribution in [0.4, 0.5) is 14.5 Å². The van der Waals surface area contributed by atoms with Crippen LogP contribution >= 0.6 is 0 Å². The summed E-state index contributed by atoms with van der Waals surface area (Å²) in [6.07, 6.45) is 0. The van der Waals surface area contributed by atoms with Gasteiger partial charge in [-0.05, 0) is 55.0 Å². The van der Waals surface area contributed by atoms with Gasteiger partial charge in [-0.25, -0.2) is 13.8 Å². The smallest absolute Gasteiger partial charge is 0.219 e. The van der Waals surface area contributed by atoms with E-state index in [1.807, 2.05) is 30.0 Å². The molecule has 2 aromatic carbocycles. The summed E-state index contributed by atoms with van der Waals surface area (Å²) < 4.78 is 26.8. The monoisotopic (exact) mass is 381 g/mol. The van der Waals surface area contributed by atoms with Crippen molar-refractivity contribution in [3.8, 4) is 11.3 Å². The highest BCUT2D eigenvalue weighted by Crippen LogP contribution is 2.29. The first-order valence-corrected chi connectivity index (χ1v) is 9.29. The number of amides is 1. The highest BCUT2D eigenvalue weighted by atomic mass is 19.2. The molecule has 0 bridgehead atoms. The van der Waals surface area contributed by atoms with Crippen LogP contribution in [0.2, 0.25) is 0 Å². The van der Waals surface area contributed by atoms with Gasteiger partial charge in [-0.1, -0.05) is 0 Å². The van der Waals surface area contributed by atoms with Crippen molar-refractivity contribution in [3.05, 3.63) is 59.7 Å². The van der Waals surface area contributed by atoms with E-state index >= 15 is 0 Å². The third kappa shape index (κ3) is 3.42. The third-order valence-corrected chi connectivity index (χ3v) is 5.30. The lowest BCUT2D eigenvalue weighted by Crippen LogP contribution is -2.48. The SMILES string of the molecule is CC(=O)N1CCN(c2ccc3nc(-c4ccc(F)c(F)c4)cc(C)c3c2)CC1. The fourth-order valence-electron chi connectivity index (χ4n) is 3.66. The lowest BCUT2D eigenvalue weighted by Gasteiger charge is -2.35.